The number of hydrogen-bond acceptors (Lipinski definition) is 3. The van der Waals surface area contributed by atoms with Gasteiger partial charge in [0.05, 0.1) is 0 Å². The molecule has 0 saturated heterocycles. The molecule has 31 heavy (non-hydrogen) atoms. The van der Waals surface area contributed by atoms with Crippen molar-refractivity contribution in [2.45, 2.75) is 60.5 Å². The molecule has 2 rings (SSSR count). The summed E-state index contributed by atoms with van der Waals surface area (Å²) in [6.07, 6.45) is 0.533. The SMILES string of the molecule is CC[C@@H](C(=O)NCC(C)C)N(Cc1cccc(C)c1)C(=O)COc1cc(C)cc(C)c1. The summed E-state index contributed by atoms with van der Waals surface area (Å²) in [4.78, 5) is 27.8. The molecule has 5 heteroatoms. The second kappa shape index (κ2) is 11.5. The number of aryl methyl sites for hydroxylation is 3. The van der Waals surface area contributed by atoms with Crippen LogP contribution in [0.5, 0.6) is 5.75 Å². The summed E-state index contributed by atoms with van der Waals surface area (Å²) in [5.74, 6) is 0.685. The van der Waals surface area contributed by atoms with Crippen molar-refractivity contribution in [3.8, 4) is 5.75 Å². The molecule has 5 nitrogen and oxygen atoms in total. The van der Waals surface area contributed by atoms with Crippen LogP contribution in [0.1, 0.15) is 49.4 Å². The molecule has 0 bridgehead atoms. The fraction of sp³-hybridized carbons (Fsp3) is 0.462. The van der Waals surface area contributed by atoms with Crippen LogP contribution in [0.2, 0.25) is 0 Å². The average Bonchev–Trinajstić information content (AvgIpc) is 2.69. The highest BCUT2D eigenvalue weighted by Crippen LogP contribution is 2.18. The number of carbonyl (C=O) groups excluding carboxylic acids is 2. The van der Waals surface area contributed by atoms with Gasteiger partial charge in [-0.25, -0.2) is 0 Å². The van der Waals surface area contributed by atoms with Crippen molar-refractivity contribution >= 4 is 11.8 Å². The van der Waals surface area contributed by atoms with E-state index in [2.05, 4.69) is 25.2 Å². The van der Waals surface area contributed by atoms with Gasteiger partial charge in [0.15, 0.2) is 6.61 Å². The van der Waals surface area contributed by atoms with E-state index >= 15 is 0 Å². The fourth-order valence-electron chi connectivity index (χ4n) is 3.59. The molecule has 2 amide bonds. The van der Waals surface area contributed by atoms with E-state index in [0.29, 0.717) is 31.2 Å². The number of ether oxygens (including phenoxy) is 1. The van der Waals surface area contributed by atoms with Crippen LogP contribution in [0.15, 0.2) is 42.5 Å². The maximum atomic E-state index is 13.2. The highest BCUT2D eigenvalue weighted by atomic mass is 16.5. The molecule has 0 aliphatic heterocycles. The third kappa shape index (κ3) is 7.74. The number of nitrogens with zero attached hydrogens (tertiary/aromatic N) is 1. The van der Waals surface area contributed by atoms with Crippen LogP contribution in [0.4, 0.5) is 0 Å². The largest absolute Gasteiger partial charge is 0.484 e. The number of carbonyl (C=O) groups is 2. The van der Waals surface area contributed by atoms with Gasteiger partial charge in [-0.2, -0.15) is 0 Å². The molecule has 1 N–H and O–H groups in total. The van der Waals surface area contributed by atoms with Crippen LogP contribution in [-0.4, -0.2) is 35.9 Å². The molecule has 0 saturated carbocycles. The highest BCUT2D eigenvalue weighted by Gasteiger charge is 2.29. The van der Waals surface area contributed by atoms with E-state index in [-0.39, 0.29) is 18.4 Å². The van der Waals surface area contributed by atoms with Crippen LogP contribution in [0.3, 0.4) is 0 Å². The topological polar surface area (TPSA) is 58.6 Å². The Kier molecular flexibility index (Phi) is 9.10. The van der Waals surface area contributed by atoms with Gasteiger partial charge in [-0.15, -0.1) is 0 Å². The van der Waals surface area contributed by atoms with Crippen molar-refractivity contribution in [2.24, 2.45) is 5.92 Å². The molecular formula is C26H36N2O3. The highest BCUT2D eigenvalue weighted by molar-refractivity contribution is 5.88. The molecule has 0 aliphatic rings. The Morgan fingerprint density at radius 3 is 2.26 bits per heavy atom. The number of rotatable bonds is 10. The molecule has 0 heterocycles. The summed E-state index contributed by atoms with van der Waals surface area (Å²) >= 11 is 0. The Morgan fingerprint density at radius 1 is 1.00 bits per heavy atom. The van der Waals surface area contributed by atoms with E-state index < -0.39 is 6.04 Å². The summed E-state index contributed by atoms with van der Waals surface area (Å²) < 4.78 is 5.82. The first-order valence-electron chi connectivity index (χ1n) is 11.0. The second-order valence-corrected chi connectivity index (χ2v) is 8.69. The number of amides is 2. The first-order valence-corrected chi connectivity index (χ1v) is 11.0. The minimum absolute atomic E-state index is 0.108. The molecule has 168 valence electrons. The molecular weight excluding hydrogens is 388 g/mol. The van der Waals surface area contributed by atoms with E-state index in [0.717, 1.165) is 22.3 Å². The Labute approximate surface area is 186 Å². The summed E-state index contributed by atoms with van der Waals surface area (Å²) in [6.45, 7) is 12.9. The fourth-order valence-corrected chi connectivity index (χ4v) is 3.59. The van der Waals surface area contributed by atoms with Gasteiger partial charge in [-0.1, -0.05) is 56.7 Å². The number of hydrogen-bond donors (Lipinski definition) is 1. The molecule has 0 unspecified atom stereocenters. The molecule has 1 atom stereocenters. The Morgan fingerprint density at radius 2 is 1.68 bits per heavy atom. The van der Waals surface area contributed by atoms with E-state index in [1.54, 1.807) is 4.90 Å². The third-order valence-corrected chi connectivity index (χ3v) is 5.06. The Balaban J connectivity index is 2.21. The standard InChI is InChI=1S/C26H36N2O3/c1-7-24(26(30)27-15-18(2)3)28(16-22-10-8-9-19(4)12-22)25(29)17-31-23-13-20(5)11-21(6)14-23/h8-14,18,24H,7,15-17H2,1-6H3,(H,27,30)/t24-/m0/s1. The molecule has 0 fully saturated rings. The van der Waals surface area contributed by atoms with Crippen LogP contribution in [-0.2, 0) is 16.1 Å². The first kappa shape index (κ1) is 24.4. The summed E-state index contributed by atoms with van der Waals surface area (Å²) in [7, 11) is 0. The van der Waals surface area contributed by atoms with Crippen LogP contribution in [0.25, 0.3) is 0 Å². The predicted molar refractivity (Wildman–Crippen MR) is 125 cm³/mol. The zero-order chi connectivity index (χ0) is 23.0. The summed E-state index contributed by atoms with van der Waals surface area (Å²) in [5, 5.41) is 2.98. The second-order valence-electron chi connectivity index (χ2n) is 8.69. The lowest BCUT2D eigenvalue weighted by molar-refractivity contribution is -0.143. The Bertz CT molecular complexity index is 872. The normalized spacial score (nSPS) is 11.8. The van der Waals surface area contributed by atoms with Gasteiger partial charge in [0, 0.05) is 13.1 Å². The van der Waals surface area contributed by atoms with Crippen molar-refractivity contribution in [1.82, 2.24) is 10.2 Å². The lowest BCUT2D eigenvalue weighted by atomic mass is 10.1. The lowest BCUT2D eigenvalue weighted by Gasteiger charge is -2.31. The smallest absolute Gasteiger partial charge is 0.261 e. The molecule has 0 aliphatic carbocycles. The van der Waals surface area contributed by atoms with Crippen LogP contribution < -0.4 is 10.1 Å². The van der Waals surface area contributed by atoms with Gasteiger partial charge in [-0.3, -0.25) is 9.59 Å². The van der Waals surface area contributed by atoms with Crippen LogP contribution in [0, 0.1) is 26.7 Å². The van der Waals surface area contributed by atoms with E-state index in [1.807, 2.05) is 64.1 Å². The maximum Gasteiger partial charge on any atom is 0.261 e. The quantitative estimate of drug-likeness (QED) is 0.608. The molecule has 0 spiro atoms. The minimum Gasteiger partial charge on any atom is -0.484 e. The van der Waals surface area contributed by atoms with Crippen molar-refractivity contribution in [2.75, 3.05) is 13.2 Å². The van der Waals surface area contributed by atoms with E-state index in [1.165, 1.54) is 0 Å². The van der Waals surface area contributed by atoms with Gasteiger partial charge >= 0.3 is 0 Å². The molecule has 2 aromatic rings. The van der Waals surface area contributed by atoms with Crippen molar-refractivity contribution in [3.05, 3.63) is 64.7 Å². The monoisotopic (exact) mass is 424 g/mol. The minimum atomic E-state index is -0.547. The zero-order valence-corrected chi connectivity index (χ0v) is 19.7. The third-order valence-electron chi connectivity index (χ3n) is 5.06. The summed E-state index contributed by atoms with van der Waals surface area (Å²) in [5.41, 5.74) is 4.28. The van der Waals surface area contributed by atoms with Crippen LogP contribution >= 0.6 is 0 Å². The zero-order valence-electron chi connectivity index (χ0n) is 19.7. The predicted octanol–water partition coefficient (Wildman–Crippen LogP) is 4.57. The molecule has 0 radical (unpaired) electrons. The van der Waals surface area contributed by atoms with Crippen molar-refractivity contribution < 1.29 is 14.3 Å². The van der Waals surface area contributed by atoms with E-state index in [4.69, 9.17) is 4.74 Å². The van der Waals surface area contributed by atoms with E-state index in [9.17, 15) is 9.59 Å². The van der Waals surface area contributed by atoms with Crippen molar-refractivity contribution in [1.29, 1.82) is 0 Å². The van der Waals surface area contributed by atoms with Gasteiger partial charge in [0.25, 0.3) is 5.91 Å². The number of nitrogens with one attached hydrogen (secondary N) is 1. The lowest BCUT2D eigenvalue weighted by Crippen LogP contribution is -2.50. The van der Waals surface area contributed by atoms with Gasteiger partial charge in [0.2, 0.25) is 5.91 Å². The Hall–Kier alpha value is -2.82. The first-order chi connectivity index (χ1) is 14.7. The molecule has 0 aromatic heterocycles. The molecule has 2 aromatic carbocycles. The van der Waals surface area contributed by atoms with Gasteiger partial charge < -0.3 is 15.0 Å². The maximum absolute atomic E-state index is 13.2. The van der Waals surface area contributed by atoms with Gasteiger partial charge in [0.1, 0.15) is 11.8 Å². The van der Waals surface area contributed by atoms with Crippen molar-refractivity contribution in [3.63, 3.8) is 0 Å². The van der Waals surface area contributed by atoms with Gasteiger partial charge in [-0.05, 0) is 61.9 Å². The number of benzene rings is 2. The summed E-state index contributed by atoms with van der Waals surface area (Å²) in [6, 6.07) is 13.4. The average molecular weight is 425 g/mol.